The molecule has 0 spiro atoms. The number of nitrogens with one attached hydrogen (secondary N) is 3. The maximum absolute atomic E-state index is 4.26. The second-order valence-corrected chi connectivity index (χ2v) is 5.51. The Bertz CT molecular complexity index is 612. The number of aromatic nitrogens is 1. The first-order valence-electron chi connectivity index (χ1n) is 7.68. The molecule has 4 heteroatoms. The lowest BCUT2D eigenvalue weighted by atomic mass is 10.1. The lowest BCUT2D eigenvalue weighted by molar-refractivity contribution is 0.624. The molecule has 0 saturated carbocycles. The van der Waals surface area contributed by atoms with Gasteiger partial charge in [0.25, 0.3) is 0 Å². The SMILES string of the molecule is CCC(C)NC(=NC)NCCc1c[nH]c2c(C)cccc12. The molecule has 1 aromatic carbocycles. The molecular formula is C17H26N4. The first kappa shape index (κ1) is 15.4. The summed E-state index contributed by atoms with van der Waals surface area (Å²) in [5, 5.41) is 8.07. The molecule has 4 nitrogen and oxygen atoms in total. The van der Waals surface area contributed by atoms with Gasteiger partial charge in [-0.05, 0) is 37.8 Å². The lowest BCUT2D eigenvalue weighted by Gasteiger charge is -2.16. The predicted octanol–water partition coefficient (Wildman–Crippen LogP) is 2.98. The van der Waals surface area contributed by atoms with E-state index in [4.69, 9.17) is 0 Å². The number of hydrogen-bond donors (Lipinski definition) is 3. The largest absolute Gasteiger partial charge is 0.361 e. The summed E-state index contributed by atoms with van der Waals surface area (Å²) >= 11 is 0. The molecule has 0 bridgehead atoms. The third-order valence-electron chi connectivity index (χ3n) is 3.92. The number of aromatic amines is 1. The highest BCUT2D eigenvalue weighted by molar-refractivity contribution is 5.86. The van der Waals surface area contributed by atoms with Gasteiger partial charge in [0.2, 0.25) is 0 Å². The second-order valence-electron chi connectivity index (χ2n) is 5.51. The molecule has 114 valence electrons. The van der Waals surface area contributed by atoms with Gasteiger partial charge < -0.3 is 15.6 Å². The van der Waals surface area contributed by atoms with E-state index in [2.05, 4.69) is 65.8 Å². The van der Waals surface area contributed by atoms with Crippen molar-refractivity contribution in [3.8, 4) is 0 Å². The van der Waals surface area contributed by atoms with Crippen molar-refractivity contribution < 1.29 is 0 Å². The van der Waals surface area contributed by atoms with Crippen LogP contribution in [0.5, 0.6) is 0 Å². The highest BCUT2D eigenvalue weighted by Gasteiger charge is 2.06. The van der Waals surface area contributed by atoms with Crippen molar-refractivity contribution in [3.63, 3.8) is 0 Å². The fourth-order valence-corrected chi connectivity index (χ4v) is 2.42. The first-order valence-corrected chi connectivity index (χ1v) is 7.68. The van der Waals surface area contributed by atoms with Crippen LogP contribution < -0.4 is 10.6 Å². The summed E-state index contributed by atoms with van der Waals surface area (Å²) < 4.78 is 0. The number of hydrogen-bond acceptors (Lipinski definition) is 1. The summed E-state index contributed by atoms with van der Waals surface area (Å²) in [6.07, 6.45) is 4.18. The zero-order valence-electron chi connectivity index (χ0n) is 13.5. The molecule has 0 aliphatic rings. The van der Waals surface area contributed by atoms with Gasteiger partial charge in [0.1, 0.15) is 0 Å². The van der Waals surface area contributed by atoms with Crippen molar-refractivity contribution >= 4 is 16.9 Å². The van der Waals surface area contributed by atoms with Gasteiger partial charge in [-0.25, -0.2) is 0 Å². The number of fused-ring (bicyclic) bond motifs is 1. The van der Waals surface area contributed by atoms with E-state index in [1.165, 1.54) is 22.0 Å². The smallest absolute Gasteiger partial charge is 0.191 e. The monoisotopic (exact) mass is 286 g/mol. The minimum atomic E-state index is 0.437. The van der Waals surface area contributed by atoms with Crippen molar-refractivity contribution in [1.29, 1.82) is 0 Å². The Balaban J connectivity index is 1.94. The van der Waals surface area contributed by atoms with Gasteiger partial charge in [-0.1, -0.05) is 25.1 Å². The number of benzene rings is 1. The fraction of sp³-hybridized carbons (Fsp3) is 0.471. The zero-order valence-corrected chi connectivity index (χ0v) is 13.5. The molecule has 0 saturated heterocycles. The van der Waals surface area contributed by atoms with E-state index in [0.717, 1.165) is 25.3 Å². The van der Waals surface area contributed by atoms with Gasteiger partial charge in [-0.15, -0.1) is 0 Å². The summed E-state index contributed by atoms with van der Waals surface area (Å²) in [7, 11) is 1.81. The van der Waals surface area contributed by atoms with Crippen molar-refractivity contribution in [2.45, 2.75) is 39.7 Å². The van der Waals surface area contributed by atoms with Crippen LogP contribution in [0.2, 0.25) is 0 Å². The molecule has 0 radical (unpaired) electrons. The summed E-state index contributed by atoms with van der Waals surface area (Å²) in [4.78, 5) is 7.63. The first-order chi connectivity index (χ1) is 10.2. The third-order valence-corrected chi connectivity index (χ3v) is 3.92. The highest BCUT2D eigenvalue weighted by atomic mass is 15.2. The number of rotatable bonds is 5. The maximum Gasteiger partial charge on any atom is 0.191 e. The van der Waals surface area contributed by atoms with E-state index in [9.17, 15) is 0 Å². The van der Waals surface area contributed by atoms with Crippen molar-refractivity contribution in [2.24, 2.45) is 4.99 Å². The van der Waals surface area contributed by atoms with Crippen LogP contribution in [0.1, 0.15) is 31.4 Å². The second kappa shape index (κ2) is 7.16. The maximum atomic E-state index is 4.26. The van der Waals surface area contributed by atoms with Crippen LogP contribution in [0.4, 0.5) is 0 Å². The van der Waals surface area contributed by atoms with E-state index < -0.39 is 0 Å². The average Bonchev–Trinajstić information content (AvgIpc) is 2.90. The van der Waals surface area contributed by atoms with Crippen LogP contribution in [-0.4, -0.2) is 30.6 Å². The molecule has 0 amide bonds. The Labute approximate surface area is 127 Å². The topological polar surface area (TPSA) is 52.2 Å². The molecule has 21 heavy (non-hydrogen) atoms. The zero-order chi connectivity index (χ0) is 15.2. The summed E-state index contributed by atoms with van der Waals surface area (Å²) in [6, 6.07) is 6.87. The molecular weight excluding hydrogens is 260 g/mol. The highest BCUT2D eigenvalue weighted by Crippen LogP contribution is 2.21. The number of nitrogens with zero attached hydrogens (tertiary/aromatic N) is 1. The van der Waals surface area contributed by atoms with Gasteiger partial charge in [0, 0.05) is 36.7 Å². The molecule has 1 heterocycles. The van der Waals surface area contributed by atoms with Crippen LogP contribution >= 0.6 is 0 Å². The van der Waals surface area contributed by atoms with E-state index in [1.807, 2.05) is 7.05 Å². The van der Waals surface area contributed by atoms with Gasteiger partial charge in [-0.3, -0.25) is 4.99 Å². The number of para-hydroxylation sites is 1. The number of guanidine groups is 1. The van der Waals surface area contributed by atoms with Crippen LogP contribution in [0.3, 0.4) is 0 Å². The van der Waals surface area contributed by atoms with Crippen LogP contribution in [0, 0.1) is 6.92 Å². The Morgan fingerprint density at radius 1 is 1.38 bits per heavy atom. The summed E-state index contributed by atoms with van der Waals surface area (Å²) in [6.45, 7) is 7.34. The van der Waals surface area contributed by atoms with E-state index in [1.54, 1.807) is 0 Å². The molecule has 2 aromatic rings. The molecule has 0 aliphatic carbocycles. The Hall–Kier alpha value is -1.97. The quantitative estimate of drug-likeness (QED) is 0.584. The molecule has 1 unspecified atom stereocenters. The molecule has 3 N–H and O–H groups in total. The summed E-state index contributed by atoms with van der Waals surface area (Å²) in [5.74, 6) is 0.875. The molecule has 1 atom stereocenters. The molecule has 1 aromatic heterocycles. The van der Waals surface area contributed by atoms with E-state index >= 15 is 0 Å². The van der Waals surface area contributed by atoms with Gasteiger partial charge in [0.15, 0.2) is 5.96 Å². The summed E-state index contributed by atoms with van der Waals surface area (Å²) in [5.41, 5.74) is 3.88. The molecule has 0 fully saturated rings. The Morgan fingerprint density at radius 2 is 2.19 bits per heavy atom. The van der Waals surface area contributed by atoms with Gasteiger partial charge >= 0.3 is 0 Å². The average molecular weight is 286 g/mol. The van der Waals surface area contributed by atoms with Crippen molar-refractivity contribution in [2.75, 3.05) is 13.6 Å². The minimum absolute atomic E-state index is 0.437. The van der Waals surface area contributed by atoms with E-state index in [0.29, 0.717) is 6.04 Å². The fourth-order valence-electron chi connectivity index (χ4n) is 2.42. The van der Waals surface area contributed by atoms with Crippen LogP contribution in [-0.2, 0) is 6.42 Å². The van der Waals surface area contributed by atoms with Crippen LogP contribution in [0.15, 0.2) is 29.4 Å². The van der Waals surface area contributed by atoms with E-state index in [-0.39, 0.29) is 0 Å². The molecule has 0 aliphatic heterocycles. The third kappa shape index (κ3) is 3.78. The number of H-pyrrole nitrogens is 1. The standard InChI is InChI=1S/C17H26N4/c1-5-13(3)21-17(18-4)19-10-9-14-11-20-16-12(2)7-6-8-15(14)16/h6-8,11,13,20H,5,9-10H2,1-4H3,(H2,18,19,21). The Kier molecular flexibility index (Phi) is 5.26. The van der Waals surface area contributed by atoms with Crippen LogP contribution in [0.25, 0.3) is 10.9 Å². The predicted molar refractivity (Wildman–Crippen MR) is 91.0 cm³/mol. The van der Waals surface area contributed by atoms with Crippen molar-refractivity contribution in [3.05, 3.63) is 35.5 Å². The number of aliphatic imine (C=N–C) groups is 1. The van der Waals surface area contributed by atoms with Crippen molar-refractivity contribution in [1.82, 2.24) is 15.6 Å². The normalized spacial score (nSPS) is 13.4. The van der Waals surface area contributed by atoms with Gasteiger partial charge in [-0.2, -0.15) is 0 Å². The Morgan fingerprint density at radius 3 is 2.90 bits per heavy atom. The van der Waals surface area contributed by atoms with Gasteiger partial charge in [0.05, 0.1) is 0 Å². The minimum Gasteiger partial charge on any atom is -0.361 e. The number of aryl methyl sites for hydroxylation is 1. The lowest BCUT2D eigenvalue weighted by Crippen LogP contribution is -2.42. The molecule has 2 rings (SSSR count).